The van der Waals surface area contributed by atoms with Gasteiger partial charge in [-0.25, -0.2) is 18.0 Å². The van der Waals surface area contributed by atoms with E-state index in [0.717, 1.165) is 9.47 Å². The maximum Gasteiger partial charge on any atom is 0.451 e. The predicted octanol–water partition coefficient (Wildman–Crippen LogP) is 4.24. The van der Waals surface area contributed by atoms with Gasteiger partial charge in [-0.2, -0.15) is 13.2 Å². The summed E-state index contributed by atoms with van der Waals surface area (Å²) in [6.07, 6.45) is -7.13. The van der Waals surface area contributed by atoms with Crippen molar-refractivity contribution in [2.45, 2.75) is 44.7 Å². The van der Waals surface area contributed by atoms with Gasteiger partial charge < -0.3 is 19.5 Å². The van der Waals surface area contributed by atoms with Crippen LogP contribution in [0, 0.1) is 17.5 Å². The Morgan fingerprint density at radius 3 is 2.34 bits per heavy atom. The lowest BCUT2D eigenvalue weighted by atomic mass is 9.99. The van der Waals surface area contributed by atoms with Crippen molar-refractivity contribution in [1.29, 1.82) is 0 Å². The first-order chi connectivity index (χ1) is 17.9. The normalized spacial score (nSPS) is 14.2. The van der Waals surface area contributed by atoms with E-state index >= 15 is 0 Å². The number of benzene rings is 2. The van der Waals surface area contributed by atoms with E-state index in [4.69, 9.17) is 0 Å². The molecule has 3 aromatic rings. The van der Waals surface area contributed by atoms with E-state index in [9.17, 15) is 41.0 Å². The Hall–Kier alpha value is -4.10. The summed E-state index contributed by atoms with van der Waals surface area (Å²) in [5.74, 6) is -5.80. The molecule has 1 atom stereocenters. The molecule has 14 heteroatoms. The third kappa shape index (κ3) is 5.89. The van der Waals surface area contributed by atoms with Crippen molar-refractivity contribution in [2.75, 3.05) is 6.54 Å². The summed E-state index contributed by atoms with van der Waals surface area (Å²) in [4.78, 5) is 27.5. The Balaban J connectivity index is 1.60. The van der Waals surface area contributed by atoms with Gasteiger partial charge in [-0.05, 0) is 23.6 Å². The van der Waals surface area contributed by atoms with Crippen LogP contribution in [0.2, 0.25) is 0 Å². The van der Waals surface area contributed by atoms with E-state index in [1.807, 2.05) is 0 Å². The zero-order valence-electron chi connectivity index (χ0n) is 19.6. The number of hydrogen-bond donors (Lipinski definition) is 1. The summed E-state index contributed by atoms with van der Waals surface area (Å²) in [6.45, 7) is -0.869. The average Bonchev–Trinajstić information content (AvgIpc) is 3.30. The molecule has 1 aromatic heterocycles. The van der Waals surface area contributed by atoms with Crippen LogP contribution in [0.3, 0.4) is 0 Å². The molecule has 1 aliphatic rings. The molecule has 202 valence electrons. The highest BCUT2D eigenvalue weighted by atomic mass is 19.4. The lowest BCUT2D eigenvalue weighted by Crippen LogP contribution is -2.46. The molecule has 0 radical (unpaired) electrons. The van der Waals surface area contributed by atoms with Gasteiger partial charge in [-0.3, -0.25) is 4.79 Å². The van der Waals surface area contributed by atoms with Gasteiger partial charge in [0.25, 0.3) is 0 Å². The number of amides is 2. The van der Waals surface area contributed by atoms with Gasteiger partial charge in [0.2, 0.25) is 11.7 Å². The van der Waals surface area contributed by atoms with Crippen LogP contribution in [-0.4, -0.2) is 54.3 Å². The van der Waals surface area contributed by atoms with Crippen molar-refractivity contribution in [3.05, 3.63) is 82.7 Å². The van der Waals surface area contributed by atoms with Crippen LogP contribution in [0.15, 0.2) is 42.5 Å². The highest BCUT2D eigenvalue weighted by Gasteiger charge is 2.40. The molecular weight excluding hydrogens is 520 g/mol. The minimum absolute atomic E-state index is 0.0977. The van der Waals surface area contributed by atoms with E-state index in [1.165, 1.54) is 4.90 Å². The zero-order valence-corrected chi connectivity index (χ0v) is 19.6. The molecule has 0 aliphatic carbocycles. The van der Waals surface area contributed by atoms with Crippen LogP contribution in [0.25, 0.3) is 0 Å². The Bertz CT molecular complexity index is 1330. The van der Waals surface area contributed by atoms with Gasteiger partial charge in [0.15, 0.2) is 17.5 Å². The number of carbonyl (C=O) groups is 2. The number of carbonyl (C=O) groups excluding carboxylic acids is 1. The quantitative estimate of drug-likeness (QED) is 0.357. The molecule has 1 aliphatic heterocycles. The molecule has 0 saturated heterocycles. The second-order valence-electron chi connectivity index (χ2n) is 8.72. The second-order valence-corrected chi connectivity index (χ2v) is 8.72. The average molecular weight is 541 g/mol. The lowest BCUT2D eigenvalue weighted by molar-refractivity contribution is -0.148. The molecule has 0 saturated carbocycles. The first-order valence-corrected chi connectivity index (χ1v) is 11.4. The molecule has 0 spiro atoms. The number of carboxylic acid groups (broad SMARTS) is 1. The Morgan fingerprint density at radius 2 is 1.68 bits per heavy atom. The summed E-state index contributed by atoms with van der Waals surface area (Å²) in [6, 6.07) is 8.06. The number of rotatable bonds is 7. The maximum absolute atomic E-state index is 14.5. The second kappa shape index (κ2) is 10.7. The highest BCUT2D eigenvalue weighted by Crippen LogP contribution is 2.30. The van der Waals surface area contributed by atoms with Crippen LogP contribution in [0.1, 0.15) is 29.2 Å². The summed E-state index contributed by atoms with van der Waals surface area (Å²) in [5.41, 5.74) is 0.220. The fourth-order valence-corrected chi connectivity index (χ4v) is 4.31. The van der Waals surface area contributed by atoms with Gasteiger partial charge in [0.05, 0.1) is 6.54 Å². The Morgan fingerprint density at radius 1 is 1.00 bits per heavy atom. The fourth-order valence-electron chi connectivity index (χ4n) is 4.31. The number of halogens is 6. The fraction of sp³-hybridized carbons (Fsp3) is 0.333. The largest absolute Gasteiger partial charge is 0.465 e. The number of aromatic nitrogens is 3. The number of fused-ring (bicyclic) bond motifs is 1. The van der Waals surface area contributed by atoms with Gasteiger partial charge in [0, 0.05) is 38.2 Å². The van der Waals surface area contributed by atoms with Gasteiger partial charge in [0.1, 0.15) is 5.82 Å². The van der Waals surface area contributed by atoms with Crippen molar-refractivity contribution in [2.24, 2.45) is 0 Å². The van der Waals surface area contributed by atoms with Crippen LogP contribution >= 0.6 is 0 Å². The molecule has 2 amide bonds. The molecule has 4 rings (SSSR count). The summed E-state index contributed by atoms with van der Waals surface area (Å²) < 4.78 is 82.0. The SMILES string of the molecule is O=C(CC(Cc1cc(F)c(F)cc1F)N(Cc1ccccc1)C(=O)O)N1CCn2c(nnc2C(F)(F)F)C1. The van der Waals surface area contributed by atoms with Crippen molar-refractivity contribution in [3.63, 3.8) is 0 Å². The maximum atomic E-state index is 14.5. The van der Waals surface area contributed by atoms with Crippen molar-refractivity contribution >= 4 is 12.0 Å². The van der Waals surface area contributed by atoms with Crippen molar-refractivity contribution < 1.29 is 41.0 Å². The van der Waals surface area contributed by atoms with Crippen molar-refractivity contribution in [3.8, 4) is 0 Å². The minimum atomic E-state index is -4.73. The monoisotopic (exact) mass is 541 g/mol. The summed E-state index contributed by atoms with van der Waals surface area (Å²) in [7, 11) is 0. The Kier molecular flexibility index (Phi) is 7.60. The minimum Gasteiger partial charge on any atom is -0.465 e. The standard InChI is InChI=1S/C24H21F6N5O3/c25-17-11-19(27)18(26)9-15(17)8-16(35(23(37)38)12-14-4-2-1-3-5-14)10-21(36)33-6-7-34-20(13-33)31-32-22(34)24(28,29)30/h1-5,9,11,16H,6-8,10,12-13H2,(H,37,38). The topological polar surface area (TPSA) is 91.6 Å². The van der Waals surface area contributed by atoms with Crippen molar-refractivity contribution in [1.82, 2.24) is 24.6 Å². The third-order valence-electron chi connectivity index (χ3n) is 6.20. The smallest absolute Gasteiger partial charge is 0.451 e. The molecule has 2 heterocycles. The van der Waals surface area contributed by atoms with Crippen LogP contribution in [-0.2, 0) is 37.0 Å². The molecule has 1 unspecified atom stereocenters. The number of nitrogens with zero attached hydrogens (tertiary/aromatic N) is 5. The number of alkyl halides is 3. The van der Waals surface area contributed by atoms with E-state index in [-0.39, 0.29) is 37.6 Å². The number of hydrogen-bond acceptors (Lipinski definition) is 4. The van der Waals surface area contributed by atoms with Crippen LogP contribution in [0.4, 0.5) is 31.1 Å². The molecular formula is C24H21F6N5O3. The van der Waals surface area contributed by atoms with Gasteiger partial charge >= 0.3 is 12.3 Å². The third-order valence-corrected chi connectivity index (χ3v) is 6.20. The zero-order chi connectivity index (χ0) is 27.6. The van der Waals surface area contributed by atoms with E-state index in [2.05, 4.69) is 10.2 Å². The van der Waals surface area contributed by atoms with Crippen LogP contribution in [0.5, 0.6) is 0 Å². The molecule has 0 bridgehead atoms. The molecule has 38 heavy (non-hydrogen) atoms. The van der Waals surface area contributed by atoms with E-state index < -0.39 is 60.3 Å². The van der Waals surface area contributed by atoms with E-state index in [0.29, 0.717) is 17.7 Å². The molecule has 8 nitrogen and oxygen atoms in total. The first-order valence-electron chi connectivity index (χ1n) is 11.4. The predicted molar refractivity (Wildman–Crippen MR) is 119 cm³/mol. The molecule has 0 fully saturated rings. The summed E-state index contributed by atoms with van der Waals surface area (Å²) in [5, 5.41) is 16.6. The van der Waals surface area contributed by atoms with Crippen LogP contribution < -0.4 is 0 Å². The van der Waals surface area contributed by atoms with Gasteiger partial charge in [-0.1, -0.05) is 30.3 Å². The molecule has 1 N–H and O–H groups in total. The highest BCUT2D eigenvalue weighted by molar-refractivity contribution is 5.78. The first kappa shape index (κ1) is 26.9. The van der Waals surface area contributed by atoms with Gasteiger partial charge in [-0.15, -0.1) is 10.2 Å². The summed E-state index contributed by atoms with van der Waals surface area (Å²) >= 11 is 0. The Labute approximate surface area is 212 Å². The van der Waals surface area contributed by atoms with E-state index in [1.54, 1.807) is 30.3 Å². The molecule has 2 aromatic carbocycles. The lowest BCUT2D eigenvalue weighted by Gasteiger charge is -2.33.